The van der Waals surface area contributed by atoms with E-state index >= 15 is 0 Å². The van der Waals surface area contributed by atoms with E-state index in [4.69, 9.17) is 10.7 Å². The van der Waals surface area contributed by atoms with Gasteiger partial charge in [0, 0.05) is 71.8 Å². The highest BCUT2D eigenvalue weighted by molar-refractivity contribution is 8.14. The summed E-state index contributed by atoms with van der Waals surface area (Å²) in [5.41, 5.74) is 1.60. The minimum Gasteiger partial charge on any atom is -0.377 e. The molecule has 4 rings (SSSR count). The predicted octanol–water partition coefficient (Wildman–Crippen LogP) is 4.89. The Balaban J connectivity index is 2.11. The van der Waals surface area contributed by atoms with Crippen LogP contribution in [0.4, 0.5) is 11.4 Å². The SMILES string of the molecule is CN(C)c1cccc2c(S(=O)(=O)c3ccc4c(N(C)C)cccc4c3S(=O)(=O)Cl)cccc12. The Morgan fingerprint density at radius 2 is 1.06 bits per heavy atom. The van der Waals surface area contributed by atoms with E-state index in [1.165, 1.54) is 12.1 Å². The zero-order valence-corrected chi connectivity index (χ0v) is 21.0. The van der Waals surface area contributed by atoms with Crippen molar-refractivity contribution in [1.29, 1.82) is 0 Å². The number of sulfone groups is 1. The van der Waals surface area contributed by atoms with E-state index in [-0.39, 0.29) is 15.2 Å². The maximum atomic E-state index is 13.9. The van der Waals surface area contributed by atoms with Gasteiger partial charge in [-0.3, -0.25) is 0 Å². The highest BCUT2D eigenvalue weighted by Crippen LogP contribution is 2.40. The van der Waals surface area contributed by atoms with Gasteiger partial charge in [-0.05, 0) is 24.3 Å². The summed E-state index contributed by atoms with van der Waals surface area (Å²) >= 11 is 0. The molecule has 0 aliphatic carbocycles. The Morgan fingerprint density at radius 3 is 1.61 bits per heavy atom. The Labute approximate surface area is 198 Å². The lowest BCUT2D eigenvalue weighted by Gasteiger charge is -2.19. The molecule has 0 aromatic heterocycles. The van der Waals surface area contributed by atoms with Crippen LogP contribution in [-0.4, -0.2) is 45.0 Å². The third kappa shape index (κ3) is 3.92. The molecular weight excluding hydrogens is 480 g/mol. The summed E-state index contributed by atoms with van der Waals surface area (Å²) in [7, 11) is 4.60. The first kappa shape index (κ1) is 23.4. The van der Waals surface area contributed by atoms with Crippen LogP contribution in [0.2, 0.25) is 0 Å². The third-order valence-corrected chi connectivity index (χ3v) is 8.97. The van der Waals surface area contributed by atoms with Gasteiger partial charge in [0.1, 0.15) is 4.90 Å². The van der Waals surface area contributed by atoms with E-state index in [1.54, 1.807) is 36.4 Å². The van der Waals surface area contributed by atoms with E-state index in [1.807, 2.05) is 56.2 Å². The fourth-order valence-corrected chi connectivity index (χ4v) is 7.76. The van der Waals surface area contributed by atoms with E-state index in [9.17, 15) is 16.8 Å². The van der Waals surface area contributed by atoms with Crippen molar-refractivity contribution in [3.8, 4) is 0 Å². The number of halogens is 1. The van der Waals surface area contributed by atoms with Crippen molar-refractivity contribution in [3.05, 3.63) is 66.7 Å². The molecule has 0 atom stereocenters. The van der Waals surface area contributed by atoms with Crippen molar-refractivity contribution in [2.24, 2.45) is 0 Å². The predicted molar refractivity (Wildman–Crippen MR) is 135 cm³/mol. The van der Waals surface area contributed by atoms with Gasteiger partial charge in [0.15, 0.2) is 0 Å². The molecule has 0 heterocycles. The lowest BCUT2D eigenvalue weighted by atomic mass is 10.1. The molecule has 0 spiro atoms. The molecule has 0 amide bonds. The van der Waals surface area contributed by atoms with Crippen LogP contribution in [0.5, 0.6) is 0 Å². The Morgan fingerprint density at radius 1 is 0.576 bits per heavy atom. The number of hydrogen-bond acceptors (Lipinski definition) is 6. The largest absolute Gasteiger partial charge is 0.377 e. The van der Waals surface area contributed by atoms with Crippen LogP contribution in [-0.2, 0) is 18.9 Å². The van der Waals surface area contributed by atoms with Crippen LogP contribution in [0, 0.1) is 0 Å². The maximum absolute atomic E-state index is 13.9. The second kappa shape index (κ2) is 8.20. The topological polar surface area (TPSA) is 74.8 Å². The van der Waals surface area contributed by atoms with Crippen LogP contribution >= 0.6 is 10.7 Å². The van der Waals surface area contributed by atoms with Gasteiger partial charge in [-0.1, -0.05) is 42.5 Å². The van der Waals surface area contributed by atoms with Crippen molar-refractivity contribution in [2.75, 3.05) is 38.0 Å². The monoisotopic (exact) mass is 502 g/mol. The number of benzene rings is 4. The Hall–Kier alpha value is -2.81. The van der Waals surface area contributed by atoms with Gasteiger partial charge in [-0.2, -0.15) is 0 Å². The number of fused-ring (bicyclic) bond motifs is 2. The average Bonchev–Trinajstić information content (AvgIpc) is 2.75. The summed E-state index contributed by atoms with van der Waals surface area (Å²) in [5, 5.41) is 2.10. The van der Waals surface area contributed by atoms with Gasteiger partial charge in [0.25, 0.3) is 9.05 Å². The smallest absolute Gasteiger partial charge is 0.263 e. The minimum absolute atomic E-state index is 0.0216. The first-order valence-electron chi connectivity index (χ1n) is 10.1. The number of anilines is 2. The Bertz CT molecular complexity index is 1610. The van der Waals surface area contributed by atoms with Crippen molar-refractivity contribution >= 4 is 62.5 Å². The lowest BCUT2D eigenvalue weighted by molar-refractivity contribution is 0.589. The summed E-state index contributed by atoms with van der Waals surface area (Å²) in [6.07, 6.45) is 0. The molecule has 0 aliphatic heterocycles. The van der Waals surface area contributed by atoms with Crippen molar-refractivity contribution < 1.29 is 16.8 Å². The maximum Gasteiger partial charge on any atom is 0.263 e. The van der Waals surface area contributed by atoms with Gasteiger partial charge in [-0.25, -0.2) is 16.8 Å². The first-order chi connectivity index (χ1) is 15.4. The molecule has 0 saturated carbocycles. The molecule has 4 aromatic rings. The zero-order chi connectivity index (χ0) is 24.1. The molecule has 0 saturated heterocycles. The summed E-state index contributed by atoms with van der Waals surface area (Å²) in [4.78, 5) is 2.99. The molecule has 4 aromatic carbocycles. The fourth-order valence-electron chi connectivity index (χ4n) is 4.15. The first-order valence-corrected chi connectivity index (χ1v) is 13.9. The summed E-state index contributed by atoms with van der Waals surface area (Å²) in [6, 6.07) is 18.4. The molecule has 0 bridgehead atoms. The van der Waals surface area contributed by atoms with E-state index in [0.29, 0.717) is 10.8 Å². The highest BCUT2D eigenvalue weighted by Gasteiger charge is 2.31. The minimum atomic E-state index is -4.40. The second-order valence-electron chi connectivity index (χ2n) is 8.12. The molecule has 0 aliphatic rings. The molecule has 0 unspecified atom stereocenters. The zero-order valence-electron chi connectivity index (χ0n) is 18.6. The molecule has 0 N–H and O–H groups in total. The quantitative estimate of drug-likeness (QED) is 0.362. The molecule has 172 valence electrons. The van der Waals surface area contributed by atoms with Gasteiger partial charge >= 0.3 is 0 Å². The van der Waals surface area contributed by atoms with Crippen molar-refractivity contribution in [2.45, 2.75) is 14.7 Å². The number of nitrogens with zero attached hydrogens (tertiary/aromatic N) is 2. The van der Waals surface area contributed by atoms with Crippen LogP contribution in [0.15, 0.2) is 81.4 Å². The van der Waals surface area contributed by atoms with Crippen LogP contribution in [0.25, 0.3) is 21.5 Å². The van der Waals surface area contributed by atoms with Crippen molar-refractivity contribution in [3.63, 3.8) is 0 Å². The van der Waals surface area contributed by atoms with E-state index < -0.39 is 23.8 Å². The molecule has 9 heteroatoms. The van der Waals surface area contributed by atoms with Crippen LogP contribution in [0.1, 0.15) is 0 Å². The molecule has 33 heavy (non-hydrogen) atoms. The van der Waals surface area contributed by atoms with Crippen LogP contribution < -0.4 is 9.80 Å². The Kier molecular flexibility index (Phi) is 5.80. The fraction of sp³-hybridized carbons (Fsp3) is 0.167. The molecule has 6 nitrogen and oxygen atoms in total. The average molecular weight is 503 g/mol. The third-order valence-electron chi connectivity index (χ3n) is 5.60. The van der Waals surface area contributed by atoms with E-state index in [2.05, 4.69) is 0 Å². The summed E-state index contributed by atoms with van der Waals surface area (Å²) in [6.45, 7) is 0. The van der Waals surface area contributed by atoms with Gasteiger partial charge in [0.05, 0.1) is 9.79 Å². The van der Waals surface area contributed by atoms with Gasteiger partial charge in [0.2, 0.25) is 9.84 Å². The molecule has 0 fully saturated rings. The normalized spacial score (nSPS) is 12.3. The molecule has 0 radical (unpaired) electrons. The number of rotatable bonds is 5. The second-order valence-corrected chi connectivity index (χ2v) is 12.5. The highest BCUT2D eigenvalue weighted by atomic mass is 35.7. The van der Waals surface area contributed by atoms with Gasteiger partial charge in [-0.15, -0.1) is 0 Å². The van der Waals surface area contributed by atoms with Gasteiger partial charge < -0.3 is 9.80 Å². The van der Waals surface area contributed by atoms with Crippen molar-refractivity contribution in [1.82, 2.24) is 0 Å². The summed E-state index contributed by atoms with van der Waals surface area (Å²) < 4.78 is 53.3. The van der Waals surface area contributed by atoms with E-state index in [0.717, 1.165) is 16.8 Å². The lowest BCUT2D eigenvalue weighted by Crippen LogP contribution is -2.12. The molecular formula is C24H23ClN2O4S2. The summed E-state index contributed by atoms with van der Waals surface area (Å²) in [5.74, 6) is 0. The van der Waals surface area contributed by atoms with Crippen LogP contribution in [0.3, 0.4) is 0 Å². The standard InChI is InChI=1S/C24H23ClN2O4S2/c1-26(2)20-11-5-9-18-16(20)8-7-13-22(18)32(28,29)23-15-14-17-19(24(23)33(25,30)31)10-6-12-21(17)27(3)4/h5-15H,1-4H3. The number of hydrogen-bond donors (Lipinski definition) is 0.